The quantitative estimate of drug-likeness (QED) is 0.833. The summed E-state index contributed by atoms with van der Waals surface area (Å²) in [5.74, 6) is -0.0561. The maximum absolute atomic E-state index is 13.0. The van der Waals surface area contributed by atoms with Crippen molar-refractivity contribution < 1.29 is 14.7 Å². The van der Waals surface area contributed by atoms with E-state index < -0.39 is 5.41 Å². The highest BCUT2D eigenvalue weighted by atomic mass is 16.3. The van der Waals surface area contributed by atoms with Gasteiger partial charge in [0, 0.05) is 37.0 Å². The van der Waals surface area contributed by atoms with Gasteiger partial charge in [0.2, 0.25) is 11.8 Å². The Morgan fingerprint density at radius 3 is 2.20 bits per heavy atom. The maximum Gasteiger partial charge on any atom is 0.244 e. The molecule has 1 aromatic carbocycles. The summed E-state index contributed by atoms with van der Waals surface area (Å²) in [6, 6.07) is 6.22. The zero-order valence-corrected chi connectivity index (χ0v) is 19.0. The standard InChI is InChI=1S/C23H34N4O3/c1-16-7-8-17-18(13-16)24-27(20(17)22(2,3)4)14-19(29)25-9-11-26(12-10-25)21(30)23(5,6)15-28/h7-8,13,28H,9-12,14-15H2,1-6H3. The molecular weight excluding hydrogens is 380 g/mol. The highest BCUT2D eigenvalue weighted by Gasteiger charge is 2.34. The van der Waals surface area contributed by atoms with Crippen molar-refractivity contribution in [2.45, 2.75) is 53.5 Å². The first-order chi connectivity index (χ1) is 13.9. The second-order valence-electron chi connectivity index (χ2n) is 9.99. The molecule has 164 valence electrons. The van der Waals surface area contributed by atoms with Crippen molar-refractivity contribution in [2.75, 3.05) is 32.8 Å². The fraction of sp³-hybridized carbons (Fsp3) is 0.609. The lowest BCUT2D eigenvalue weighted by Crippen LogP contribution is -2.54. The summed E-state index contributed by atoms with van der Waals surface area (Å²) >= 11 is 0. The van der Waals surface area contributed by atoms with Gasteiger partial charge in [0.05, 0.1) is 23.2 Å². The third-order valence-electron chi connectivity index (χ3n) is 5.78. The summed E-state index contributed by atoms with van der Waals surface area (Å²) < 4.78 is 1.85. The summed E-state index contributed by atoms with van der Waals surface area (Å²) in [5.41, 5.74) is 2.18. The van der Waals surface area contributed by atoms with Crippen LogP contribution in [0.1, 0.15) is 45.9 Å². The molecule has 0 atom stereocenters. The Hall–Kier alpha value is -2.41. The lowest BCUT2D eigenvalue weighted by molar-refractivity contribution is -0.147. The molecule has 0 bridgehead atoms. The minimum atomic E-state index is -0.791. The van der Waals surface area contributed by atoms with Gasteiger partial charge in [-0.2, -0.15) is 5.10 Å². The van der Waals surface area contributed by atoms with E-state index >= 15 is 0 Å². The number of hydrogen-bond donors (Lipinski definition) is 1. The van der Waals surface area contributed by atoms with Crippen LogP contribution in [-0.4, -0.2) is 69.3 Å². The molecule has 0 saturated carbocycles. The van der Waals surface area contributed by atoms with Crippen LogP contribution < -0.4 is 0 Å². The molecule has 7 nitrogen and oxygen atoms in total. The Kier molecular flexibility index (Phi) is 5.96. The van der Waals surface area contributed by atoms with Gasteiger partial charge in [0.1, 0.15) is 6.54 Å². The van der Waals surface area contributed by atoms with Crippen LogP contribution in [-0.2, 0) is 21.5 Å². The van der Waals surface area contributed by atoms with Gasteiger partial charge in [-0.25, -0.2) is 0 Å². The molecule has 0 radical (unpaired) electrons. The Labute approximate surface area is 178 Å². The zero-order valence-electron chi connectivity index (χ0n) is 19.0. The van der Waals surface area contributed by atoms with Crippen LogP contribution in [0.25, 0.3) is 10.9 Å². The summed E-state index contributed by atoms with van der Waals surface area (Å²) in [6.45, 7) is 13.9. The number of piperazine rings is 1. The van der Waals surface area contributed by atoms with E-state index in [1.807, 2.05) is 11.6 Å². The van der Waals surface area contributed by atoms with E-state index in [-0.39, 0.29) is 30.4 Å². The number of carbonyl (C=O) groups excluding carboxylic acids is 2. The van der Waals surface area contributed by atoms with Gasteiger partial charge >= 0.3 is 0 Å². The number of nitrogens with zero attached hydrogens (tertiary/aromatic N) is 4. The average Bonchev–Trinajstić information content (AvgIpc) is 3.04. The van der Waals surface area contributed by atoms with Crippen molar-refractivity contribution >= 4 is 22.7 Å². The van der Waals surface area contributed by atoms with E-state index in [1.165, 1.54) is 0 Å². The number of aliphatic hydroxyl groups excluding tert-OH is 1. The van der Waals surface area contributed by atoms with E-state index in [1.54, 1.807) is 23.6 Å². The highest BCUT2D eigenvalue weighted by molar-refractivity contribution is 5.85. The number of benzene rings is 1. The molecule has 2 amide bonds. The van der Waals surface area contributed by atoms with Crippen molar-refractivity contribution in [1.29, 1.82) is 0 Å². The lowest BCUT2D eigenvalue weighted by Gasteiger charge is -2.38. The first-order valence-electron chi connectivity index (χ1n) is 10.6. The first kappa shape index (κ1) is 22.3. The molecule has 3 rings (SSSR count). The predicted molar refractivity (Wildman–Crippen MR) is 117 cm³/mol. The number of amides is 2. The summed E-state index contributed by atoms with van der Waals surface area (Å²) in [4.78, 5) is 29.1. The monoisotopic (exact) mass is 414 g/mol. The number of fused-ring (bicyclic) bond motifs is 1. The Morgan fingerprint density at radius 2 is 1.63 bits per heavy atom. The van der Waals surface area contributed by atoms with Crippen molar-refractivity contribution in [3.8, 4) is 0 Å². The van der Waals surface area contributed by atoms with E-state index in [4.69, 9.17) is 5.10 Å². The minimum absolute atomic E-state index is 0.0125. The van der Waals surface area contributed by atoms with E-state index in [0.717, 1.165) is 22.2 Å². The molecule has 0 aliphatic carbocycles. The summed E-state index contributed by atoms with van der Waals surface area (Å²) in [6.07, 6.45) is 0. The normalized spacial score (nSPS) is 15.7. The van der Waals surface area contributed by atoms with Gasteiger partial charge in [0.15, 0.2) is 0 Å². The highest BCUT2D eigenvalue weighted by Crippen LogP contribution is 2.30. The van der Waals surface area contributed by atoms with Crippen LogP contribution in [0, 0.1) is 12.3 Å². The van der Waals surface area contributed by atoms with Gasteiger partial charge in [-0.05, 0) is 32.4 Å². The van der Waals surface area contributed by atoms with Crippen LogP contribution in [0.2, 0.25) is 0 Å². The van der Waals surface area contributed by atoms with Crippen LogP contribution in [0.3, 0.4) is 0 Å². The van der Waals surface area contributed by atoms with Gasteiger partial charge in [-0.15, -0.1) is 0 Å². The van der Waals surface area contributed by atoms with Gasteiger partial charge in [-0.1, -0.05) is 32.9 Å². The fourth-order valence-electron chi connectivity index (χ4n) is 4.03. The zero-order chi connectivity index (χ0) is 22.3. The largest absolute Gasteiger partial charge is 0.395 e. The second kappa shape index (κ2) is 8.02. The summed E-state index contributed by atoms with van der Waals surface area (Å²) in [7, 11) is 0. The van der Waals surface area contributed by atoms with E-state index in [0.29, 0.717) is 26.2 Å². The van der Waals surface area contributed by atoms with Crippen LogP contribution in [0.15, 0.2) is 18.2 Å². The van der Waals surface area contributed by atoms with Gasteiger partial charge < -0.3 is 14.9 Å². The van der Waals surface area contributed by atoms with E-state index in [2.05, 4.69) is 39.0 Å². The van der Waals surface area contributed by atoms with Crippen molar-refractivity contribution in [3.63, 3.8) is 0 Å². The van der Waals surface area contributed by atoms with Crippen molar-refractivity contribution in [1.82, 2.24) is 19.6 Å². The fourth-order valence-corrected chi connectivity index (χ4v) is 4.03. The van der Waals surface area contributed by atoms with Gasteiger partial charge in [-0.3, -0.25) is 14.3 Å². The number of aryl methyl sites for hydroxylation is 1. The molecule has 0 unspecified atom stereocenters. The van der Waals surface area contributed by atoms with Crippen molar-refractivity contribution in [3.05, 3.63) is 29.5 Å². The number of hydrogen-bond acceptors (Lipinski definition) is 4. The Balaban J connectivity index is 1.75. The molecule has 1 saturated heterocycles. The number of rotatable bonds is 4. The molecule has 1 aliphatic heterocycles. The average molecular weight is 415 g/mol. The second-order valence-corrected chi connectivity index (χ2v) is 9.99. The maximum atomic E-state index is 13.0. The van der Waals surface area contributed by atoms with E-state index in [9.17, 15) is 14.7 Å². The molecule has 1 aliphatic rings. The first-order valence-corrected chi connectivity index (χ1v) is 10.6. The Bertz CT molecular complexity index is 947. The molecule has 30 heavy (non-hydrogen) atoms. The molecule has 1 aromatic heterocycles. The molecule has 1 N–H and O–H groups in total. The van der Waals surface area contributed by atoms with Crippen LogP contribution in [0.5, 0.6) is 0 Å². The lowest BCUT2D eigenvalue weighted by atomic mass is 9.89. The smallest absolute Gasteiger partial charge is 0.244 e. The van der Waals surface area contributed by atoms with Crippen LogP contribution >= 0.6 is 0 Å². The Morgan fingerprint density at radius 1 is 1.03 bits per heavy atom. The molecule has 0 spiro atoms. The minimum Gasteiger partial charge on any atom is -0.395 e. The summed E-state index contributed by atoms with van der Waals surface area (Å²) in [5, 5.41) is 15.3. The topological polar surface area (TPSA) is 78.7 Å². The molecule has 2 heterocycles. The molecule has 7 heteroatoms. The SMILES string of the molecule is Cc1ccc2c(C(C)(C)C)n(CC(=O)N3CCN(C(=O)C(C)(C)CO)CC3)nc2c1. The predicted octanol–water partition coefficient (Wildman–Crippen LogP) is 2.33. The third kappa shape index (κ3) is 4.36. The van der Waals surface area contributed by atoms with Gasteiger partial charge in [0.25, 0.3) is 0 Å². The van der Waals surface area contributed by atoms with Crippen LogP contribution in [0.4, 0.5) is 0 Å². The third-order valence-corrected chi connectivity index (χ3v) is 5.78. The molecule has 2 aromatic rings. The van der Waals surface area contributed by atoms with Crippen molar-refractivity contribution in [2.24, 2.45) is 5.41 Å². The number of aromatic nitrogens is 2. The number of carbonyl (C=O) groups is 2. The number of aliphatic hydroxyl groups is 1. The molecular formula is C23H34N4O3. The molecule has 1 fully saturated rings.